The summed E-state index contributed by atoms with van der Waals surface area (Å²) in [4.78, 5) is 34.5. The molecule has 1 atom stereocenters. The Balaban J connectivity index is 1.48. The maximum atomic E-state index is 14.3. The number of hydrogen-bond donors (Lipinski definition) is 0. The molecular formula is C38H33ClN2O5S2. The summed E-state index contributed by atoms with van der Waals surface area (Å²) in [5, 5.41) is 0.627. The van der Waals surface area contributed by atoms with Gasteiger partial charge in [0.2, 0.25) is 0 Å². The normalized spacial score (nSPS) is 14.3. The lowest BCUT2D eigenvalue weighted by atomic mass is 9.93. The van der Waals surface area contributed by atoms with Crippen LogP contribution in [-0.2, 0) is 16.1 Å². The SMILES string of the molecule is CCOC(=O)C1=C(c2ccccc2)N=c2s/c(=C\c3ccc(OCc4ccccc4Cl)c(OCC)c3)c(=O)n2[C@@H]1c1ccc(SC)cc1. The third kappa shape index (κ3) is 6.99. The predicted octanol–water partition coefficient (Wildman–Crippen LogP) is 7.29. The third-order valence-corrected chi connectivity index (χ3v) is 9.81. The van der Waals surface area contributed by atoms with Crippen LogP contribution in [-0.4, -0.2) is 30.0 Å². The zero-order valence-corrected chi connectivity index (χ0v) is 29.0. The number of benzene rings is 4. The summed E-state index contributed by atoms with van der Waals surface area (Å²) in [5.74, 6) is 0.603. The lowest BCUT2D eigenvalue weighted by Crippen LogP contribution is -2.40. The molecule has 0 unspecified atom stereocenters. The average Bonchev–Trinajstić information content (AvgIpc) is 3.42. The van der Waals surface area contributed by atoms with E-state index in [1.807, 2.05) is 116 Å². The quantitative estimate of drug-likeness (QED) is 0.107. The Labute approximate surface area is 291 Å². The van der Waals surface area contributed by atoms with Crippen LogP contribution in [0.4, 0.5) is 0 Å². The molecule has 0 radical (unpaired) electrons. The second-order valence-electron chi connectivity index (χ2n) is 10.7. The molecule has 0 saturated heterocycles. The molecule has 1 aromatic heterocycles. The molecule has 244 valence electrons. The van der Waals surface area contributed by atoms with Crippen LogP contribution in [0.25, 0.3) is 11.8 Å². The summed E-state index contributed by atoms with van der Waals surface area (Å²) in [7, 11) is 0. The number of aromatic nitrogens is 1. The monoisotopic (exact) mass is 696 g/mol. The predicted molar refractivity (Wildman–Crippen MR) is 193 cm³/mol. The highest BCUT2D eigenvalue weighted by atomic mass is 35.5. The van der Waals surface area contributed by atoms with Crippen LogP contribution in [0.2, 0.25) is 5.02 Å². The van der Waals surface area contributed by atoms with Crippen LogP contribution >= 0.6 is 34.7 Å². The number of halogens is 1. The Morgan fingerprint density at radius 2 is 1.69 bits per heavy atom. The fourth-order valence-electron chi connectivity index (χ4n) is 5.47. The first-order valence-corrected chi connectivity index (χ1v) is 17.9. The second-order valence-corrected chi connectivity index (χ2v) is 13.0. The van der Waals surface area contributed by atoms with Crippen molar-refractivity contribution in [3.05, 3.63) is 150 Å². The lowest BCUT2D eigenvalue weighted by molar-refractivity contribution is -0.138. The number of hydrogen-bond acceptors (Lipinski definition) is 8. The molecule has 0 fully saturated rings. The van der Waals surface area contributed by atoms with Crippen molar-refractivity contribution in [3.8, 4) is 11.5 Å². The average molecular weight is 697 g/mol. The van der Waals surface area contributed by atoms with Crippen molar-refractivity contribution < 1.29 is 19.0 Å². The first kappa shape index (κ1) is 33.3. The lowest BCUT2D eigenvalue weighted by Gasteiger charge is -2.26. The standard InChI is InChI=1S/C38H33ClN2O5S2/c1-4-44-31-21-24(15-20-30(31)46-23-27-13-9-10-14-29(27)39)22-32-36(42)41-35(26-16-18-28(47-3)19-17-26)33(37(43)45-5-2)34(40-38(41)48-32)25-11-7-6-8-12-25/h6-22,35H,4-5,23H2,1-3H3/b32-22-/t35-/m1/s1. The molecule has 0 saturated carbocycles. The number of fused-ring (bicyclic) bond motifs is 1. The Hall–Kier alpha value is -4.57. The maximum Gasteiger partial charge on any atom is 0.338 e. The molecule has 0 aliphatic carbocycles. The number of ether oxygens (including phenoxy) is 3. The van der Waals surface area contributed by atoms with Crippen LogP contribution in [0.15, 0.2) is 117 Å². The van der Waals surface area contributed by atoms with E-state index < -0.39 is 12.0 Å². The minimum absolute atomic E-state index is 0.188. The van der Waals surface area contributed by atoms with Gasteiger partial charge in [0.05, 0.1) is 35.1 Å². The van der Waals surface area contributed by atoms with E-state index >= 15 is 0 Å². The molecule has 5 aromatic rings. The van der Waals surface area contributed by atoms with E-state index in [0.717, 1.165) is 27.1 Å². The van der Waals surface area contributed by atoms with E-state index in [1.54, 1.807) is 23.3 Å². The number of rotatable bonds is 11. The van der Waals surface area contributed by atoms with Crippen LogP contribution in [0, 0.1) is 0 Å². The molecule has 4 aromatic carbocycles. The topological polar surface area (TPSA) is 79.1 Å². The van der Waals surface area contributed by atoms with Gasteiger partial charge in [0, 0.05) is 21.0 Å². The fraction of sp³-hybridized carbons (Fsp3) is 0.184. The number of thiazole rings is 1. The van der Waals surface area contributed by atoms with E-state index in [1.165, 1.54) is 11.3 Å². The van der Waals surface area contributed by atoms with Crippen LogP contribution < -0.4 is 24.4 Å². The summed E-state index contributed by atoms with van der Waals surface area (Å²) < 4.78 is 19.7. The Bertz CT molecular complexity index is 2160. The van der Waals surface area contributed by atoms with Crippen molar-refractivity contribution in [1.29, 1.82) is 0 Å². The van der Waals surface area contributed by atoms with E-state index in [2.05, 4.69) is 0 Å². The second kappa shape index (κ2) is 15.1. The fourth-order valence-corrected chi connectivity index (χ4v) is 7.07. The molecular weight excluding hydrogens is 664 g/mol. The maximum absolute atomic E-state index is 14.3. The van der Waals surface area contributed by atoms with Gasteiger partial charge < -0.3 is 14.2 Å². The van der Waals surface area contributed by atoms with Gasteiger partial charge in [0.1, 0.15) is 6.61 Å². The first-order valence-electron chi connectivity index (χ1n) is 15.5. The molecule has 1 aliphatic rings. The molecule has 0 bridgehead atoms. The molecule has 10 heteroatoms. The molecule has 0 spiro atoms. The number of esters is 1. The summed E-state index contributed by atoms with van der Waals surface area (Å²) >= 11 is 9.22. The number of carbonyl (C=O) groups is 1. The summed E-state index contributed by atoms with van der Waals surface area (Å²) in [5.41, 5.74) is 3.70. The van der Waals surface area contributed by atoms with Gasteiger partial charge in [-0.15, -0.1) is 11.8 Å². The van der Waals surface area contributed by atoms with E-state index in [4.69, 9.17) is 30.8 Å². The molecule has 1 aliphatic heterocycles. The van der Waals surface area contributed by atoms with Gasteiger partial charge in [0.25, 0.3) is 5.56 Å². The molecule has 7 nitrogen and oxygen atoms in total. The Morgan fingerprint density at radius 1 is 0.938 bits per heavy atom. The van der Waals surface area contributed by atoms with E-state index in [9.17, 15) is 9.59 Å². The van der Waals surface area contributed by atoms with Crippen molar-refractivity contribution in [3.63, 3.8) is 0 Å². The van der Waals surface area contributed by atoms with Crippen molar-refractivity contribution in [2.75, 3.05) is 19.5 Å². The summed E-state index contributed by atoms with van der Waals surface area (Å²) in [6.45, 7) is 4.57. The summed E-state index contributed by atoms with van der Waals surface area (Å²) in [6.07, 6.45) is 3.82. The molecule has 0 N–H and O–H groups in total. The van der Waals surface area contributed by atoms with E-state index in [0.29, 0.717) is 43.7 Å². The molecule has 0 amide bonds. The minimum atomic E-state index is -0.742. The largest absolute Gasteiger partial charge is 0.490 e. The number of thioether (sulfide) groups is 1. The number of nitrogens with zero attached hydrogens (tertiary/aromatic N) is 2. The van der Waals surface area contributed by atoms with Crippen LogP contribution in [0.1, 0.15) is 42.1 Å². The zero-order valence-electron chi connectivity index (χ0n) is 26.6. The highest BCUT2D eigenvalue weighted by Gasteiger charge is 2.35. The van der Waals surface area contributed by atoms with Crippen LogP contribution in [0.5, 0.6) is 11.5 Å². The van der Waals surface area contributed by atoms with Gasteiger partial charge in [-0.1, -0.05) is 89.7 Å². The highest BCUT2D eigenvalue weighted by Crippen LogP contribution is 2.36. The van der Waals surface area contributed by atoms with Crippen molar-refractivity contribution in [2.45, 2.75) is 31.4 Å². The first-order chi connectivity index (χ1) is 23.4. The Kier molecular flexibility index (Phi) is 10.5. The zero-order chi connectivity index (χ0) is 33.6. The van der Waals surface area contributed by atoms with Crippen molar-refractivity contribution >= 4 is 52.4 Å². The molecule has 2 heterocycles. The van der Waals surface area contributed by atoms with Gasteiger partial charge in [-0.05, 0) is 67.6 Å². The molecule has 48 heavy (non-hydrogen) atoms. The van der Waals surface area contributed by atoms with E-state index in [-0.39, 0.29) is 18.8 Å². The highest BCUT2D eigenvalue weighted by molar-refractivity contribution is 7.98. The Morgan fingerprint density at radius 3 is 2.40 bits per heavy atom. The summed E-state index contributed by atoms with van der Waals surface area (Å²) in [6, 6.07) is 29.8. The number of carbonyl (C=O) groups excluding carboxylic acids is 1. The smallest absolute Gasteiger partial charge is 0.338 e. The van der Waals surface area contributed by atoms with Crippen LogP contribution in [0.3, 0.4) is 0 Å². The van der Waals surface area contributed by atoms with Gasteiger partial charge in [-0.25, -0.2) is 9.79 Å². The van der Waals surface area contributed by atoms with Gasteiger partial charge in [-0.3, -0.25) is 9.36 Å². The molecule has 6 rings (SSSR count). The minimum Gasteiger partial charge on any atom is -0.490 e. The third-order valence-electron chi connectivity index (χ3n) is 7.71. The van der Waals surface area contributed by atoms with Crippen molar-refractivity contribution in [2.24, 2.45) is 4.99 Å². The van der Waals surface area contributed by atoms with Gasteiger partial charge in [-0.2, -0.15) is 0 Å². The van der Waals surface area contributed by atoms with Gasteiger partial charge in [0.15, 0.2) is 16.3 Å². The van der Waals surface area contributed by atoms with Gasteiger partial charge >= 0.3 is 5.97 Å². The van der Waals surface area contributed by atoms with Crippen molar-refractivity contribution in [1.82, 2.24) is 4.57 Å².